The Hall–Kier alpha value is -1.12. The highest BCUT2D eigenvalue weighted by Crippen LogP contribution is 2.11. The second-order valence-corrected chi connectivity index (χ2v) is 5.83. The van der Waals surface area contributed by atoms with Gasteiger partial charge < -0.3 is 10.1 Å². The number of ether oxygens (including phenoxy) is 1. The summed E-state index contributed by atoms with van der Waals surface area (Å²) in [6.07, 6.45) is 3.84. The molecule has 0 aliphatic carbocycles. The highest BCUT2D eigenvalue weighted by Gasteiger charge is 2.08. The molecule has 0 bridgehead atoms. The predicted octanol–water partition coefficient (Wildman–Crippen LogP) is 3.71. The molecule has 0 amide bonds. The van der Waals surface area contributed by atoms with E-state index in [1.54, 1.807) is 0 Å². The molecule has 0 unspecified atom stereocenters. The number of benzene rings is 1. The number of rotatable bonds is 8. The van der Waals surface area contributed by atoms with Gasteiger partial charge >= 0.3 is 0 Å². The van der Waals surface area contributed by atoms with Gasteiger partial charge in [-0.25, -0.2) is 0 Å². The predicted molar refractivity (Wildman–Crippen MR) is 82.4 cm³/mol. The molecule has 0 fully saturated rings. The van der Waals surface area contributed by atoms with E-state index in [0.717, 1.165) is 26.0 Å². The number of hydrogen-bond donors (Lipinski definition) is 1. The minimum absolute atomic E-state index is 0.176. The van der Waals surface area contributed by atoms with Crippen LogP contribution in [0.3, 0.4) is 0 Å². The van der Waals surface area contributed by atoms with Gasteiger partial charge in [-0.3, -0.25) is 0 Å². The molecule has 0 aromatic heterocycles. The second-order valence-electron chi connectivity index (χ2n) is 5.83. The summed E-state index contributed by atoms with van der Waals surface area (Å²) in [7, 11) is 0. The maximum absolute atomic E-state index is 5.66. The second kappa shape index (κ2) is 8.13. The van der Waals surface area contributed by atoms with E-state index >= 15 is 0 Å². The fourth-order valence-corrected chi connectivity index (χ4v) is 1.86. The molecule has 106 valence electrons. The van der Waals surface area contributed by atoms with E-state index in [1.165, 1.54) is 11.1 Å². The summed E-state index contributed by atoms with van der Waals surface area (Å²) in [4.78, 5) is 0. The Morgan fingerprint density at radius 2 is 1.89 bits per heavy atom. The molecular formula is C17H27NO. The lowest BCUT2D eigenvalue weighted by molar-refractivity contribution is 0.125. The van der Waals surface area contributed by atoms with Gasteiger partial charge in [-0.05, 0) is 51.3 Å². The molecule has 0 aliphatic heterocycles. The van der Waals surface area contributed by atoms with Crippen molar-refractivity contribution < 1.29 is 4.74 Å². The standard InChI is InChI=1S/C17H27NO/c1-5-6-13-19-14-16-10-8-7-9-15(16)11-12-18-17(2,3)4/h5,7-10,18H,1,6,11-14H2,2-4H3. The maximum atomic E-state index is 5.66. The van der Waals surface area contributed by atoms with Crippen molar-refractivity contribution in [2.75, 3.05) is 13.2 Å². The van der Waals surface area contributed by atoms with Crippen molar-refractivity contribution in [1.82, 2.24) is 5.32 Å². The van der Waals surface area contributed by atoms with Crippen molar-refractivity contribution >= 4 is 0 Å². The van der Waals surface area contributed by atoms with Crippen LogP contribution >= 0.6 is 0 Å². The van der Waals surface area contributed by atoms with Crippen LogP contribution in [0.4, 0.5) is 0 Å². The summed E-state index contributed by atoms with van der Waals surface area (Å²) >= 11 is 0. The van der Waals surface area contributed by atoms with Crippen LogP contribution in [0.25, 0.3) is 0 Å². The van der Waals surface area contributed by atoms with Crippen LogP contribution in [-0.2, 0) is 17.8 Å². The first-order chi connectivity index (χ1) is 9.03. The zero-order chi connectivity index (χ0) is 14.1. The summed E-state index contributed by atoms with van der Waals surface area (Å²) in [6.45, 7) is 12.7. The van der Waals surface area contributed by atoms with Crippen molar-refractivity contribution in [3.8, 4) is 0 Å². The Labute approximate surface area is 117 Å². The van der Waals surface area contributed by atoms with Gasteiger partial charge in [-0.15, -0.1) is 6.58 Å². The molecule has 1 aromatic carbocycles. The van der Waals surface area contributed by atoms with Gasteiger partial charge in [0.15, 0.2) is 0 Å². The Morgan fingerprint density at radius 1 is 1.21 bits per heavy atom. The van der Waals surface area contributed by atoms with Crippen LogP contribution in [0.1, 0.15) is 38.3 Å². The molecule has 1 N–H and O–H groups in total. The third-order valence-electron chi connectivity index (χ3n) is 2.89. The minimum Gasteiger partial charge on any atom is -0.376 e. The van der Waals surface area contributed by atoms with Gasteiger partial charge in [0.2, 0.25) is 0 Å². The maximum Gasteiger partial charge on any atom is 0.0719 e. The number of nitrogens with one attached hydrogen (secondary N) is 1. The first-order valence-electron chi connectivity index (χ1n) is 7.03. The minimum atomic E-state index is 0.176. The summed E-state index contributed by atoms with van der Waals surface area (Å²) in [5, 5.41) is 3.52. The van der Waals surface area contributed by atoms with Crippen LogP contribution in [0, 0.1) is 0 Å². The molecule has 0 spiro atoms. The summed E-state index contributed by atoms with van der Waals surface area (Å²) < 4.78 is 5.66. The summed E-state index contributed by atoms with van der Waals surface area (Å²) in [5.41, 5.74) is 2.84. The van der Waals surface area contributed by atoms with Gasteiger partial charge in [-0.1, -0.05) is 30.3 Å². The third kappa shape index (κ3) is 7.14. The molecule has 0 atom stereocenters. The molecule has 0 heterocycles. The first kappa shape index (κ1) is 15.9. The lowest BCUT2D eigenvalue weighted by Crippen LogP contribution is -2.37. The molecule has 1 rings (SSSR count). The zero-order valence-corrected chi connectivity index (χ0v) is 12.5. The van der Waals surface area contributed by atoms with Crippen LogP contribution < -0.4 is 5.32 Å². The molecule has 0 saturated heterocycles. The van der Waals surface area contributed by atoms with Gasteiger partial charge in [0, 0.05) is 5.54 Å². The van der Waals surface area contributed by atoms with Crippen molar-refractivity contribution in [1.29, 1.82) is 0 Å². The van der Waals surface area contributed by atoms with Crippen molar-refractivity contribution in [2.24, 2.45) is 0 Å². The van der Waals surface area contributed by atoms with Gasteiger partial charge in [0.25, 0.3) is 0 Å². The van der Waals surface area contributed by atoms with Crippen LogP contribution in [0.2, 0.25) is 0 Å². The smallest absolute Gasteiger partial charge is 0.0719 e. The lowest BCUT2D eigenvalue weighted by Gasteiger charge is -2.21. The topological polar surface area (TPSA) is 21.3 Å². The summed E-state index contributed by atoms with van der Waals surface area (Å²) in [5.74, 6) is 0. The van der Waals surface area contributed by atoms with Crippen LogP contribution in [0.5, 0.6) is 0 Å². The first-order valence-corrected chi connectivity index (χ1v) is 7.03. The quantitative estimate of drug-likeness (QED) is 0.569. The Morgan fingerprint density at radius 3 is 2.53 bits per heavy atom. The summed E-state index contributed by atoms with van der Waals surface area (Å²) in [6, 6.07) is 8.52. The fraction of sp³-hybridized carbons (Fsp3) is 0.529. The van der Waals surface area contributed by atoms with Gasteiger partial charge in [0.05, 0.1) is 13.2 Å². The highest BCUT2D eigenvalue weighted by atomic mass is 16.5. The molecule has 2 nitrogen and oxygen atoms in total. The van der Waals surface area contributed by atoms with Crippen molar-refractivity contribution in [2.45, 2.75) is 45.8 Å². The van der Waals surface area contributed by atoms with Crippen LogP contribution in [-0.4, -0.2) is 18.7 Å². The fourth-order valence-electron chi connectivity index (χ4n) is 1.86. The molecular weight excluding hydrogens is 234 g/mol. The molecule has 1 aromatic rings. The van der Waals surface area contributed by atoms with Gasteiger partial charge in [0.1, 0.15) is 0 Å². The largest absolute Gasteiger partial charge is 0.376 e. The van der Waals surface area contributed by atoms with E-state index in [9.17, 15) is 0 Å². The van der Waals surface area contributed by atoms with Gasteiger partial charge in [-0.2, -0.15) is 0 Å². The zero-order valence-electron chi connectivity index (χ0n) is 12.5. The van der Waals surface area contributed by atoms with E-state index in [2.05, 4.69) is 56.9 Å². The van der Waals surface area contributed by atoms with E-state index in [4.69, 9.17) is 4.74 Å². The van der Waals surface area contributed by atoms with Crippen molar-refractivity contribution in [3.63, 3.8) is 0 Å². The van der Waals surface area contributed by atoms with E-state index in [-0.39, 0.29) is 5.54 Å². The van der Waals surface area contributed by atoms with E-state index in [0.29, 0.717) is 6.61 Å². The normalized spacial score (nSPS) is 11.5. The molecule has 0 saturated carbocycles. The Balaban J connectivity index is 2.46. The number of hydrogen-bond acceptors (Lipinski definition) is 2. The average Bonchev–Trinajstić information content (AvgIpc) is 2.35. The Kier molecular flexibility index (Phi) is 6.82. The molecule has 0 aliphatic rings. The lowest BCUT2D eigenvalue weighted by atomic mass is 10.0. The van der Waals surface area contributed by atoms with Crippen molar-refractivity contribution in [3.05, 3.63) is 48.0 Å². The molecule has 19 heavy (non-hydrogen) atoms. The monoisotopic (exact) mass is 261 g/mol. The molecule has 0 radical (unpaired) electrons. The average molecular weight is 261 g/mol. The van der Waals surface area contributed by atoms with E-state index < -0.39 is 0 Å². The molecule has 2 heteroatoms. The van der Waals surface area contributed by atoms with E-state index in [1.807, 2.05) is 6.08 Å². The highest BCUT2D eigenvalue weighted by molar-refractivity contribution is 5.26. The van der Waals surface area contributed by atoms with Crippen LogP contribution in [0.15, 0.2) is 36.9 Å². The third-order valence-corrected chi connectivity index (χ3v) is 2.89. The SMILES string of the molecule is C=CCCOCc1ccccc1CCNC(C)(C)C. The Bertz CT molecular complexity index is 379.